The zero-order valence-electron chi connectivity index (χ0n) is 17.7. The summed E-state index contributed by atoms with van der Waals surface area (Å²) in [5.41, 5.74) is 2.10. The third-order valence-corrected chi connectivity index (χ3v) is 4.44. The van der Waals surface area contributed by atoms with Crippen LogP contribution in [0.2, 0.25) is 0 Å². The lowest BCUT2D eigenvalue weighted by Gasteiger charge is -2.04. The summed E-state index contributed by atoms with van der Waals surface area (Å²) in [6, 6.07) is 19.6. The number of nitrogens with one attached hydrogen (secondary N) is 1. The van der Waals surface area contributed by atoms with Crippen molar-refractivity contribution in [2.24, 2.45) is 10.2 Å². The second-order valence-corrected chi connectivity index (χ2v) is 6.82. The van der Waals surface area contributed by atoms with Crippen LogP contribution < -0.4 is 9.88 Å². The molecule has 33 heavy (non-hydrogen) atoms. The molecule has 10 heteroatoms. The fraction of sp³-hybridized carbons (Fsp3) is 0.174. The summed E-state index contributed by atoms with van der Waals surface area (Å²) in [7, 11) is 0. The molecule has 3 aromatic rings. The number of thiocyanates is 1. The number of hydrogen-bond acceptors (Lipinski definition) is 8. The molecule has 0 aliphatic heterocycles. The smallest absolute Gasteiger partial charge is 0.270 e. The van der Waals surface area contributed by atoms with E-state index in [4.69, 9.17) is 10.5 Å². The molecule has 0 bridgehead atoms. The van der Waals surface area contributed by atoms with E-state index in [0.717, 1.165) is 26.1 Å². The van der Waals surface area contributed by atoms with Gasteiger partial charge in [0.15, 0.2) is 18.9 Å². The van der Waals surface area contributed by atoms with Gasteiger partial charge < -0.3 is 17.9 Å². The van der Waals surface area contributed by atoms with E-state index >= 15 is 0 Å². The summed E-state index contributed by atoms with van der Waals surface area (Å²) in [4.78, 5) is 10.3. The van der Waals surface area contributed by atoms with Gasteiger partial charge in [-0.15, -0.1) is 5.11 Å². The highest BCUT2D eigenvalue weighted by Gasteiger charge is 2.10. The van der Waals surface area contributed by atoms with Crippen molar-refractivity contribution >= 4 is 29.7 Å². The Morgan fingerprint density at radius 2 is 1.73 bits per heavy atom. The van der Waals surface area contributed by atoms with Crippen molar-refractivity contribution in [1.82, 2.24) is 5.32 Å². The van der Waals surface area contributed by atoms with Crippen LogP contribution in [0.15, 0.2) is 83.3 Å². The molecule has 0 unspecified atom stereocenters. The molecule has 0 amide bonds. The summed E-state index contributed by atoms with van der Waals surface area (Å²) < 4.78 is 2.13. The maximum atomic E-state index is 10.8. The van der Waals surface area contributed by atoms with Gasteiger partial charge in [0.2, 0.25) is 0 Å². The van der Waals surface area contributed by atoms with Crippen molar-refractivity contribution in [2.45, 2.75) is 13.0 Å². The largest absolute Gasteiger partial charge is 0.696 e. The maximum Gasteiger partial charge on any atom is 0.270 e. The van der Waals surface area contributed by atoms with E-state index in [2.05, 4.69) is 32.7 Å². The topological polar surface area (TPSA) is 131 Å². The number of nitro groups is 1. The molecular weight excluding hydrogens is 438 g/mol. The zero-order valence-corrected chi connectivity index (χ0v) is 18.5. The first-order valence-corrected chi connectivity index (χ1v) is 10.3. The Balaban J connectivity index is 0.00000122. The van der Waals surface area contributed by atoms with Crippen LogP contribution in [0, 0.1) is 32.1 Å². The van der Waals surface area contributed by atoms with Gasteiger partial charge in [-0.1, -0.05) is 23.6 Å². The Bertz CT molecular complexity index is 1150. The number of non-ortho nitro benzene ring substituents is 1. The molecule has 1 N–H and O–H groups in total. The Morgan fingerprint density at radius 1 is 1.03 bits per heavy atom. The van der Waals surface area contributed by atoms with E-state index in [0.29, 0.717) is 11.4 Å². The predicted octanol–water partition coefficient (Wildman–Crippen LogP) is 4.02. The Kier molecular flexibility index (Phi) is 10.6. The summed E-state index contributed by atoms with van der Waals surface area (Å²) in [6.45, 7) is 2.70. The summed E-state index contributed by atoms with van der Waals surface area (Å²) in [5.74, 6) is 0. The molecule has 1 aromatic heterocycles. The number of benzene rings is 2. The number of nitrogens with zero attached hydrogens (tertiary/aromatic N) is 6. The minimum Gasteiger partial charge on any atom is -0.696 e. The highest BCUT2D eigenvalue weighted by atomic mass is 32.1. The minimum atomic E-state index is -0.546. The van der Waals surface area contributed by atoms with Crippen molar-refractivity contribution in [1.29, 1.82) is 10.5 Å². The molecule has 0 aliphatic rings. The van der Waals surface area contributed by atoms with Crippen LogP contribution in [0.4, 0.5) is 17.1 Å². The highest BCUT2D eigenvalue weighted by Crippen LogP contribution is 2.26. The monoisotopic (exact) mass is 459 g/mol. The number of pyridine rings is 1. The van der Waals surface area contributed by atoms with Gasteiger partial charge in [-0.3, -0.25) is 10.1 Å². The van der Waals surface area contributed by atoms with Crippen molar-refractivity contribution in [3.05, 3.63) is 94.3 Å². The second-order valence-electron chi connectivity index (χ2n) is 6.64. The molecule has 0 aliphatic carbocycles. The highest BCUT2D eigenvalue weighted by molar-refractivity contribution is 7.64. The molecule has 1 heterocycles. The SMILES string of the molecule is N#C[S-].N#Cc1cc([N+](=O)[O-])ccc1N=Nc1ccc(CCNCC[n+]2ccccc2)cc1. The molecule has 0 fully saturated rings. The van der Waals surface area contributed by atoms with Crippen molar-refractivity contribution in [2.75, 3.05) is 13.1 Å². The molecule has 0 spiro atoms. The first-order valence-electron chi connectivity index (χ1n) is 9.92. The quantitative estimate of drug-likeness (QED) is 0.0978. The predicted molar refractivity (Wildman–Crippen MR) is 125 cm³/mol. The standard InChI is InChI=1S/C22H21N6O2.CHNS/c23-17-19-16-21(28(29)30)8-9-22(19)26-25-20-6-4-18(5-7-20)10-11-24-12-15-27-13-2-1-3-14-27;2-1-3/h1-9,13-14,16,24H,10-12,15H2;3H/q+1;/p-1. The number of aromatic nitrogens is 1. The third-order valence-electron chi connectivity index (χ3n) is 4.44. The van der Waals surface area contributed by atoms with Gasteiger partial charge in [-0.05, 0) is 36.7 Å². The average Bonchev–Trinajstić information content (AvgIpc) is 2.84. The van der Waals surface area contributed by atoms with Gasteiger partial charge in [-0.2, -0.15) is 10.4 Å². The second kappa shape index (κ2) is 13.9. The van der Waals surface area contributed by atoms with Crippen molar-refractivity contribution in [3.63, 3.8) is 0 Å². The maximum absolute atomic E-state index is 10.8. The van der Waals surface area contributed by atoms with Crippen molar-refractivity contribution in [3.8, 4) is 11.5 Å². The molecule has 2 aromatic carbocycles. The van der Waals surface area contributed by atoms with Crippen LogP contribution in [0.25, 0.3) is 0 Å². The lowest BCUT2D eigenvalue weighted by atomic mass is 10.1. The molecule has 0 saturated carbocycles. The first-order chi connectivity index (χ1) is 16.1. The molecular formula is C23H21N7O2S. The van der Waals surface area contributed by atoms with Crippen LogP contribution in [0.3, 0.4) is 0 Å². The van der Waals surface area contributed by atoms with Crippen LogP contribution in [-0.4, -0.2) is 18.0 Å². The Morgan fingerprint density at radius 3 is 2.36 bits per heavy atom. The molecule has 166 valence electrons. The van der Waals surface area contributed by atoms with E-state index in [1.807, 2.05) is 60.9 Å². The molecule has 3 rings (SSSR count). The van der Waals surface area contributed by atoms with Gasteiger partial charge in [0.1, 0.15) is 11.8 Å². The van der Waals surface area contributed by atoms with Gasteiger partial charge >= 0.3 is 0 Å². The van der Waals surface area contributed by atoms with Gasteiger partial charge in [0.05, 0.1) is 22.7 Å². The molecule has 9 nitrogen and oxygen atoms in total. The molecule has 0 saturated heterocycles. The van der Waals surface area contributed by atoms with Gasteiger partial charge in [0.25, 0.3) is 5.69 Å². The molecule has 0 radical (unpaired) electrons. The van der Waals surface area contributed by atoms with E-state index in [9.17, 15) is 10.1 Å². The summed E-state index contributed by atoms with van der Waals surface area (Å²) in [6.07, 6.45) is 4.99. The van der Waals surface area contributed by atoms with Crippen LogP contribution in [0.1, 0.15) is 11.1 Å². The van der Waals surface area contributed by atoms with Gasteiger partial charge in [-0.25, -0.2) is 9.83 Å². The summed E-state index contributed by atoms with van der Waals surface area (Å²) in [5, 5.41) is 40.0. The normalized spacial score (nSPS) is 10.0. The van der Waals surface area contributed by atoms with Gasteiger partial charge in [0, 0.05) is 24.3 Å². The number of azo groups is 1. The van der Waals surface area contributed by atoms with Crippen LogP contribution in [-0.2, 0) is 25.6 Å². The molecule has 0 atom stereocenters. The Hall–Kier alpha value is -4.25. The van der Waals surface area contributed by atoms with E-state index in [1.165, 1.54) is 29.2 Å². The number of hydrogen-bond donors (Lipinski definition) is 1. The number of nitriles is 2. The zero-order chi connectivity index (χ0) is 23.9. The van der Waals surface area contributed by atoms with Crippen molar-refractivity contribution < 1.29 is 9.49 Å². The fourth-order valence-corrected chi connectivity index (χ4v) is 2.80. The average molecular weight is 460 g/mol. The van der Waals surface area contributed by atoms with Crippen LogP contribution in [0.5, 0.6) is 0 Å². The number of nitro benzene ring substituents is 1. The first kappa shape index (κ1) is 25.0. The lowest BCUT2D eigenvalue weighted by molar-refractivity contribution is -0.695. The van der Waals surface area contributed by atoms with E-state index in [-0.39, 0.29) is 11.3 Å². The lowest BCUT2D eigenvalue weighted by Crippen LogP contribution is -2.38. The van der Waals surface area contributed by atoms with E-state index in [1.54, 1.807) is 0 Å². The Labute approximate surface area is 197 Å². The van der Waals surface area contributed by atoms with E-state index < -0.39 is 4.92 Å². The third kappa shape index (κ3) is 8.79. The minimum absolute atomic E-state index is 0.115. The number of rotatable bonds is 9. The fourth-order valence-electron chi connectivity index (χ4n) is 2.80. The summed E-state index contributed by atoms with van der Waals surface area (Å²) >= 11 is 3.70. The van der Waals surface area contributed by atoms with Crippen LogP contribution >= 0.6 is 0 Å².